The molecule has 2 aromatic rings. The summed E-state index contributed by atoms with van der Waals surface area (Å²) in [5, 5.41) is 2.47. The van der Waals surface area contributed by atoms with Crippen LogP contribution in [0.15, 0.2) is 36.4 Å². The highest BCUT2D eigenvalue weighted by Crippen LogP contribution is 2.34. The second-order valence-electron chi connectivity index (χ2n) is 4.80. The Morgan fingerprint density at radius 1 is 1.12 bits per heavy atom. The van der Waals surface area contributed by atoms with Crippen LogP contribution in [0, 0.1) is 5.92 Å². The van der Waals surface area contributed by atoms with Gasteiger partial charge in [-0.1, -0.05) is 44.2 Å². The Bertz CT molecular complexity index is 546. The van der Waals surface area contributed by atoms with Gasteiger partial charge in [-0.2, -0.15) is 0 Å². The lowest BCUT2D eigenvalue weighted by molar-refractivity contribution is -0.132. The standard InChI is InChI=1S/C15H16O2/c1-10(2)15-16-9-13-12-6-4-3-5-11(12)7-8-14(13)17-15/h3-8,10,15H,9H2,1-2H3. The molecule has 2 heteroatoms. The molecule has 1 atom stereocenters. The van der Waals surface area contributed by atoms with Crippen molar-refractivity contribution in [1.82, 2.24) is 0 Å². The molecule has 1 unspecified atom stereocenters. The first-order valence-corrected chi connectivity index (χ1v) is 6.04. The zero-order valence-corrected chi connectivity index (χ0v) is 10.1. The molecule has 88 valence electrons. The van der Waals surface area contributed by atoms with Gasteiger partial charge in [0.2, 0.25) is 6.29 Å². The van der Waals surface area contributed by atoms with E-state index < -0.39 is 0 Å². The largest absolute Gasteiger partial charge is 0.464 e. The summed E-state index contributed by atoms with van der Waals surface area (Å²) in [5.74, 6) is 1.34. The third-order valence-corrected chi connectivity index (χ3v) is 3.18. The van der Waals surface area contributed by atoms with Gasteiger partial charge in [-0.15, -0.1) is 0 Å². The van der Waals surface area contributed by atoms with Crippen molar-refractivity contribution in [2.24, 2.45) is 5.92 Å². The number of benzene rings is 2. The van der Waals surface area contributed by atoms with Crippen molar-refractivity contribution in [1.29, 1.82) is 0 Å². The highest BCUT2D eigenvalue weighted by atomic mass is 16.7. The third-order valence-electron chi connectivity index (χ3n) is 3.18. The summed E-state index contributed by atoms with van der Waals surface area (Å²) in [6.07, 6.45) is -0.122. The lowest BCUT2D eigenvalue weighted by Crippen LogP contribution is -2.30. The smallest absolute Gasteiger partial charge is 0.202 e. The minimum absolute atomic E-state index is 0.122. The van der Waals surface area contributed by atoms with E-state index in [4.69, 9.17) is 9.47 Å². The predicted octanol–water partition coefficient (Wildman–Crippen LogP) is 3.73. The molecule has 2 nitrogen and oxygen atoms in total. The maximum absolute atomic E-state index is 5.88. The zero-order chi connectivity index (χ0) is 11.8. The summed E-state index contributed by atoms with van der Waals surface area (Å²) in [6.45, 7) is 4.85. The van der Waals surface area contributed by atoms with Gasteiger partial charge in [-0.25, -0.2) is 0 Å². The molecule has 0 radical (unpaired) electrons. The molecule has 1 heterocycles. The Hall–Kier alpha value is -1.54. The lowest BCUT2D eigenvalue weighted by atomic mass is 10.0. The Balaban J connectivity index is 2.08. The molecular formula is C15H16O2. The van der Waals surface area contributed by atoms with E-state index in [-0.39, 0.29) is 6.29 Å². The van der Waals surface area contributed by atoms with Crippen LogP contribution in [-0.4, -0.2) is 6.29 Å². The lowest BCUT2D eigenvalue weighted by Gasteiger charge is -2.29. The number of hydrogen-bond donors (Lipinski definition) is 0. The van der Waals surface area contributed by atoms with Gasteiger partial charge in [0.15, 0.2) is 0 Å². The maximum Gasteiger partial charge on any atom is 0.202 e. The van der Waals surface area contributed by atoms with Crippen molar-refractivity contribution < 1.29 is 9.47 Å². The van der Waals surface area contributed by atoms with Gasteiger partial charge in [0.1, 0.15) is 5.75 Å². The van der Waals surface area contributed by atoms with E-state index in [2.05, 4.69) is 50.2 Å². The minimum Gasteiger partial charge on any atom is -0.464 e. The zero-order valence-electron chi connectivity index (χ0n) is 10.1. The van der Waals surface area contributed by atoms with E-state index >= 15 is 0 Å². The van der Waals surface area contributed by atoms with Crippen LogP contribution in [0.4, 0.5) is 0 Å². The number of hydrogen-bond acceptors (Lipinski definition) is 2. The van der Waals surface area contributed by atoms with Crippen LogP contribution in [0.1, 0.15) is 19.4 Å². The number of fused-ring (bicyclic) bond motifs is 3. The second-order valence-corrected chi connectivity index (χ2v) is 4.80. The summed E-state index contributed by atoms with van der Waals surface area (Å²) >= 11 is 0. The van der Waals surface area contributed by atoms with Crippen LogP contribution in [0.3, 0.4) is 0 Å². The highest BCUT2D eigenvalue weighted by molar-refractivity contribution is 5.87. The van der Waals surface area contributed by atoms with Gasteiger partial charge < -0.3 is 9.47 Å². The molecule has 2 aromatic carbocycles. The first-order valence-electron chi connectivity index (χ1n) is 6.04. The van der Waals surface area contributed by atoms with E-state index in [1.54, 1.807) is 0 Å². The molecule has 0 saturated heterocycles. The van der Waals surface area contributed by atoms with E-state index in [1.807, 2.05) is 0 Å². The van der Waals surface area contributed by atoms with Gasteiger partial charge in [0.25, 0.3) is 0 Å². The Morgan fingerprint density at radius 3 is 2.76 bits per heavy atom. The maximum atomic E-state index is 5.88. The molecule has 0 aromatic heterocycles. The fourth-order valence-electron chi connectivity index (χ4n) is 2.23. The Morgan fingerprint density at radius 2 is 1.94 bits per heavy atom. The first-order chi connectivity index (χ1) is 8.25. The molecule has 0 N–H and O–H groups in total. The third kappa shape index (κ3) is 1.79. The first kappa shape index (κ1) is 10.6. The van der Waals surface area contributed by atoms with Crippen molar-refractivity contribution in [3.63, 3.8) is 0 Å². The van der Waals surface area contributed by atoms with Gasteiger partial charge in [0.05, 0.1) is 6.61 Å². The molecular weight excluding hydrogens is 212 g/mol. The van der Waals surface area contributed by atoms with Crippen LogP contribution in [0.25, 0.3) is 10.8 Å². The fraction of sp³-hybridized carbons (Fsp3) is 0.333. The van der Waals surface area contributed by atoms with Crippen molar-refractivity contribution in [3.8, 4) is 5.75 Å². The summed E-state index contributed by atoms with van der Waals surface area (Å²) < 4.78 is 11.6. The van der Waals surface area contributed by atoms with Crippen LogP contribution in [-0.2, 0) is 11.3 Å². The minimum atomic E-state index is -0.122. The molecule has 3 rings (SSSR count). The van der Waals surface area contributed by atoms with Crippen molar-refractivity contribution >= 4 is 10.8 Å². The number of ether oxygens (including phenoxy) is 2. The van der Waals surface area contributed by atoms with Gasteiger partial charge >= 0.3 is 0 Å². The molecule has 1 aliphatic rings. The van der Waals surface area contributed by atoms with Gasteiger partial charge in [0, 0.05) is 11.5 Å². The average molecular weight is 228 g/mol. The van der Waals surface area contributed by atoms with E-state index in [9.17, 15) is 0 Å². The second kappa shape index (κ2) is 4.04. The molecule has 0 aliphatic carbocycles. The van der Waals surface area contributed by atoms with Crippen molar-refractivity contribution in [3.05, 3.63) is 42.0 Å². The quantitative estimate of drug-likeness (QED) is 0.740. The molecule has 1 aliphatic heterocycles. The van der Waals surface area contributed by atoms with E-state index in [0.29, 0.717) is 12.5 Å². The molecule has 0 fully saturated rings. The van der Waals surface area contributed by atoms with Gasteiger partial charge in [-0.05, 0) is 16.8 Å². The number of rotatable bonds is 1. The van der Waals surface area contributed by atoms with Crippen LogP contribution in [0.5, 0.6) is 5.75 Å². The molecule has 0 saturated carbocycles. The molecule has 0 amide bonds. The summed E-state index contributed by atoms with van der Waals surface area (Å²) in [6, 6.07) is 12.5. The Kier molecular flexibility index (Phi) is 2.52. The fourth-order valence-corrected chi connectivity index (χ4v) is 2.23. The van der Waals surface area contributed by atoms with E-state index in [0.717, 1.165) is 5.75 Å². The molecule has 0 bridgehead atoms. The van der Waals surface area contributed by atoms with Crippen LogP contribution < -0.4 is 4.74 Å². The van der Waals surface area contributed by atoms with Gasteiger partial charge in [-0.3, -0.25) is 0 Å². The highest BCUT2D eigenvalue weighted by Gasteiger charge is 2.24. The SMILES string of the molecule is CC(C)C1OCc2c(ccc3ccccc23)O1. The van der Waals surface area contributed by atoms with Crippen LogP contribution >= 0.6 is 0 Å². The summed E-state index contributed by atoms with van der Waals surface area (Å²) in [4.78, 5) is 0. The van der Waals surface area contributed by atoms with Crippen molar-refractivity contribution in [2.75, 3.05) is 0 Å². The Labute approximate surface area is 101 Å². The van der Waals surface area contributed by atoms with Crippen molar-refractivity contribution in [2.45, 2.75) is 26.7 Å². The topological polar surface area (TPSA) is 18.5 Å². The molecule has 17 heavy (non-hydrogen) atoms. The van der Waals surface area contributed by atoms with E-state index in [1.165, 1.54) is 16.3 Å². The summed E-state index contributed by atoms with van der Waals surface area (Å²) in [7, 11) is 0. The molecule has 0 spiro atoms. The normalized spacial score (nSPS) is 19.1. The average Bonchev–Trinajstić information content (AvgIpc) is 2.38. The van der Waals surface area contributed by atoms with Crippen LogP contribution in [0.2, 0.25) is 0 Å². The monoisotopic (exact) mass is 228 g/mol. The predicted molar refractivity (Wildman–Crippen MR) is 68.0 cm³/mol. The summed E-state index contributed by atoms with van der Waals surface area (Å²) in [5.41, 5.74) is 1.17.